The van der Waals surface area contributed by atoms with Crippen molar-refractivity contribution in [2.75, 3.05) is 19.0 Å². The molecule has 1 heterocycles. The number of ether oxygens (including phenoxy) is 2. The van der Waals surface area contributed by atoms with Gasteiger partial charge in [0.1, 0.15) is 0 Å². The molecule has 66 valence electrons. The monoisotopic (exact) mass is 184 g/mol. The Morgan fingerprint density at radius 3 is 2.36 bits per heavy atom. The first-order chi connectivity index (χ1) is 5.08. The summed E-state index contributed by atoms with van der Waals surface area (Å²) in [5.74, 6) is -0.530. The normalized spacial score (nSPS) is 20.8. The summed E-state index contributed by atoms with van der Waals surface area (Å²) < 4.78 is 41.7. The predicted octanol–water partition coefficient (Wildman–Crippen LogP) is 0.0487. The quantitative estimate of drug-likeness (QED) is 0.581. The molecule has 1 aliphatic rings. The third-order valence-electron chi connectivity index (χ3n) is 1.29. The molecule has 6 heteroatoms. The van der Waals surface area contributed by atoms with E-state index in [0.717, 1.165) is 0 Å². The summed E-state index contributed by atoms with van der Waals surface area (Å²) in [7, 11) is -4.37. The maximum atomic E-state index is 11.9. The van der Waals surface area contributed by atoms with Gasteiger partial charge in [0.2, 0.25) is 0 Å². The largest absolute Gasteiger partial charge is 0.350 e. The molecule has 0 aromatic carbocycles. The van der Waals surface area contributed by atoms with Gasteiger partial charge in [-0.3, -0.25) is 0 Å². The van der Waals surface area contributed by atoms with Crippen LogP contribution in [0, 0.1) is 0 Å². The molecule has 0 spiro atoms. The first-order valence-electron chi connectivity index (χ1n) is 3.23. The molecule has 1 fully saturated rings. The van der Waals surface area contributed by atoms with Crippen LogP contribution < -0.4 is 0 Å². The van der Waals surface area contributed by atoms with Crippen molar-refractivity contribution in [2.45, 2.75) is 12.7 Å². The van der Waals surface area contributed by atoms with E-state index < -0.39 is 22.3 Å². The topological polar surface area (TPSA) is 52.6 Å². The maximum absolute atomic E-state index is 11.9. The molecule has 11 heavy (non-hydrogen) atoms. The molecule has 1 saturated heterocycles. The second kappa shape index (κ2) is 3.46. The minimum atomic E-state index is -4.37. The molecule has 0 amide bonds. The van der Waals surface area contributed by atoms with Crippen LogP contribution in [0.2, 0.25) is 0 Å². The van der Waals surface area contributed by atoms with Gasteiger partial charge in [-0.15, -0.1) is 3.89 Å². The van der Waals surface area contributed by atoms with Gasteiger partial charge in [-0.2, -0.15) is 8.42 Å². The van der Waals surface area contributed by atoms with Crippen molar-refractivity contribution in [1.29, 1.82) is 0 Å². The standard InChI is InChI=1S/C5H9FO4S/c6-11(7,8)4-1-5-9-2-3-10-5/h5H,1-4H2. The summed E-state index contributed by atoms with van der Waals surface area (Å²) in [5, 5.41) is 0. The van der Waals surface area contributed by atoms with Gasteiger partial charge in [0, 0.05) is 6.42 Å². The van der Waals surface area contributed by atoms with Crippen LogP contribution in [0.5, 0.6) is 0 Å². The third kappa shape index (κ3) is 3.64. The van der Waals surface area contributed by atoms with Crippen molar-refractivity contribution < 1.29 is 21.8 Å². The highest BCUT2D eigenvalue weighted by Gasteiger charge is 2.19. The molecule has 0 saturated carbocycles. The van der Waals surface area contributed by atoms with Crippen LogP contribution in [-0.2, 0) is 19.7 Å². The van der Waals surface area contributed by atoms with Crippen LogP contribution in [0.15, 0.2) is 0 Å². The number of hydrogen-bond donors (Lipinski definition) is 0. The molecule has 0 radical (unpaired) electrons. The van der Waals surface area contributed by atoms with Gasteiger partial charge < -0.3 is 9.47 Å². The van der Waals surface area contributed by atoms with Gasteiger partial charge in [-0.1, -0.05) is 0 Å². The van der Waals surface area contributed by atoms with E-state index in [2.05, 4.69) is 0 Å². The lowest BCUT2D eigenvalue weighted by Gasteiger charge is -2.05. The van der Waals surface area contributed by atoms with Gasteiger partial charge in [-0.25, -0.2) is 0 Å². The second-order valence-electron chi connectivity index (χ2n) is 2.20. The van der Waals surface area contributed by atoms with Crippen molar-refractivity contribution in [3.63, 3.8) is 0 Å². The molecule has 1 aliphatic heterocycles. The molecule has 0 aromatic rings. The molecule has 0 atom stereocenters. The first kappa shape index (κ1) is 8.89. The Morgan fingerprint density at radius 1 is 1.36 bits per heavy atom. The zero-order valence-corrected chi connectivity index (χ0v) is 6.64. The van der Waals surface area contributed by atoms with Gasteiger partial charge >= 0.3 is 10.2 Å². The Balaban J connectivity index is 2.22. The Labute approximate surface area is 64.5 Å². The molecular weight excluding hydrogens is 175 g/mol. The van der Waals surface area contributed by atoms with Crippen molar-refractivity contribution in [1.82, 2.24) is 0 Å². The summed E-state index contributed by atoms with van der Waals surface area (Å²) in [5.41, 5.74) is 0. The van der Waals surface area contributed by atoms with E-state index in [1.165, 1.54) is 0 Å². The van der Waals surface area contributed by atoms with E-state index in [0.29, 0.717) is 13.2 Å². The lowest BCUT2D eigenvalue weighted by molar-refractivity contribution is -0.0425. The van der Waals surface area contributed by atoms with E-state index in [-0.39, 0.29) is 6.42 Å². The zero-order valence-electron chi connectivity index (χ0n) is 5.82. The first-order valence-corrected chi connectivity index (χ1v) is 4.79. The minimum absolute atomic E-state index is 0.0683. The van der Waals surface area contributed by atoms with Crippen molar-refractivity contribution in [3.8, 4) is 0 Å². The molecule has 4 nitrogen and oxygen atoms in total. The lowest BCUT2D eigenvalue weighted by atomic mass is 10.5. The van der Waals surface area contributed by atoms with E-state index in [9.17, 15) is 12.3 Å². The Hall–Kier alpha value is -0.200. The van der Waals surface area contributed by atoms with Gasteiger partial charge in [0.15, 0.2) is 6.29 Å². The van der Waals surface area contributed by atoms with Crippen LogP contribution in [0.1, 0.15) is 6.42 Å². The minimum Gasteiger partial charge on any atom is -0.350 e. The van der Waals surface area contributed by atoms with Gasteiger partial charge in [0.25, 0.3) is 0 Å². The molecule has 1 rings (SSSR count). The summed E-state index contributed by atoms with van der Waals surface area (Å²) in [6.07, 6.45) is -0.473. The summed E-state index contributed by atoms with van der Waals surface area (Å²) >= 11 is 0. The van der Waals surface area contributed by atoms with Crippen molar-refractivity contribution >= 4 is 10.2 Å². The molecule has 0 aromatic heterocycles. The Morgan fingerprint density at radius 2 is 1.91 bits per heavy atom. The maximum Gasteiger partial charge on any atom is 0.302 e. The van der Waals surface area contributed by atoms with E-state index in [4.69, 9.17) is 9.47 Å². The van der Waals surface area contributed by atoms with Crippen LogP contribution in [-0.4, -0.2) is 33.7 Å². The molecule has 0 unspecified atom stereocenters. The second-order valence-corrected chi connectivity index (χ2v) is 3.69. The highest BCUT2D eigenvalue weighted by atomic mass is 32.3. The molecule has 0 aliphatic carbocycles. The van der Waals surface area contributed by atoms with E-state index in [1.54, 1.807) is 0 Å². The molecule has 0 N–H and O–H groups in total. The average molecular weight is 184 g/mol. The SMILES string of the molecule is O=S(=O)(F)CCC1OCCO1. The fraction of sp³-hybridized carbons (Fsp3) is 1.00. The average Bonchev–Trinajstić information content (AvgIpc) is 2.32. The van der Waals surface area contributed by atoms with Gasteiger partial charge in [0.05, 0.1) is 19.0 Å². The van der Waals surface area contributed by atoms with Crippen LogP contribution >= 0.6 is 0 Å². The highest BCUT2D eigenvalue weighted by molar-refractivity contribution is 7.86. The Bertz CT molecular complexity index is 207. The van der Waals surface area contributed by atoms with E-state index >= 15 is 0 Å². The van der Waals surface area contributed by atoms with E-state index in [1.807, 2.05) is 0 Å². The number of rotatable bonds is 3. The van der Waals surface area contributed by atoms with Crippen LogP contribution in [0.3, 0.4) is 0 Å². The molecule has 0 bridgehead atoms. The van der Waals surface area contributed by atoms with Crippen molar-refractivity contribution in [3.05, 3.63) is 0 Å². The predicted molar refractivity (Wildman–Crippen MR) is 35.2 cm³/mol. The fourth-order valence-electron chi connectivity index (χ4n) is 0.811. The number of hydrogen-bond acceptors (Lipinski definition) is 4. The summed E-state index contributed by atoms with van der Waals surface area (Å²) in [6, 6.07) is 0. The van der Waals surface area contributed by atoms with Gasteiger partial charge in [-0.05, 0) is 0 Å². The highest BCUT2D eigenvalue weighted by Crippen LogP contribution is 2.09. The van der Waals surface area contributed by atoms with Crippen LogP contribution in [0.25, 0.3) is 0 Å². The number of halogens is 1. The zero-order chi connectivity index (χ0) is 8.32. The van der Waals surface area contributed by atoms with Crippen LogP contribution in [0.4, 0.5) is 3.89 Å². The fourth-order valence-corrected chi connectivity index (χ4v) is 1.28. The summed E-state index contributed by atoms with van der Waals surface area (Å²) in [6.45, 7) is 0.911. The Kier molecular flexibility index (Phi) is 2.80. The lowest BCUT2D eigenvalue weighted by Crippen LogP contribution is -2.12. The smallest absolute Gasteiger partial charge is 0.302 e. The van der Waals surface area contributed by atoms with Crippen molar-refractivity contribution in [2.24, 2.45) is 0 Å². The summed E-state index contributed by atoms with van der Waals surface area (Å²) in [4.78, 5) is 0. The molecular formula is C5H9FO4S. The third-order valence-corrected chi connectivity index (χ3v) is 2.01.